The summed E-state index contributed by atoms with van der Waals surface area (Å²) < 4.78 is 5.84. The number of anilines is 1. The van der Waals surface area contributed by atoms with Gasteiger partial charge in [0.05, 0.1) is 0 Å². The van der Waals surface area contributed by atoms with Gasteiger partial charge >= 0.3 is 0 Å². The summed E-state index contributed by atoms with van der Waals surface area (Å²) >= 11 is 0. The molecule has 0 aliphatic heterocycles. The van der Waals surface area contributed by atoms with E-state index in [0.29, 0.717) is 6.42 Å². The number of hydrogen-bond acceptors (Lipinski definition) is 2. The number of ether oxygens (including phenoxy) is 1. The summed E-state index contributed by atoms with van der Waals surface area (Å²) in [6, 6.07) is 13.6. The second-order valence-electron chi connectivity index (χ2n) is 5.57. The molecule has 116 valence electrons. The molecule has 0 aliphatic carbocycles. The van der Waals surface area contributed by atoms with Crippen LogP contribution in [0.4, 0.5) is 5.69 Å². The number of amides is 1. The molecule has 2 aromatic carbocycles. The second-order valence-corrected chi connectivity index (χ2v) is 5.57. The minimum absolute atomic E-state index is 0.113. The SMILES string of the molecule is CC[C@H](Oc1cccc(C)c1)C(=O)Nc1cccc(C)c1C. The third kappa shape index (κ3) is 3.88. The summed E-state index contributed by atoms with van der Waals surface area (Å²) in [4.78, 5) is 12.5. The van der Waals surface area contributed by atoms with Gasteiger partial charge in [0.15, 0.2) is 6.10 Å². The quantitative estimate of drug-likeness (QED) is 0.888. The number of benzene rings is 2. The van der Waals surface area contributed by atoms with Crippen LogP contribution >= 0.6 is 0 Å². The van der Waals surface area contributed by atoms with Gasteiger partial charge in [0.2, 0.25) is 0 Å². The zero-order valence-corrected chi connectivity index (χ0v) is 13.6. The van der Waals surface area contributed by atoms with E-state index >= 15 is 0 Å². The van der Waals surface area contributed by atoms with Gasteiger partial charge in [-0.15, -0.1) is 0 Å². The number of rotatable bonds is 5. The van der Waals surface area contributed by atoms with Crippen molar-refractivity contribution in [3.05, 3.63) is 59.2 Å². The van der Waals surface area contributed by atoms with Gasteiger partial charge in [0.1, 0.15) is 5.75 Å². The monoisotopic (exact) mass is 297 g/mol. The first kappa shape index (κ1) is 16.1. The molecule has 0 heterocycles. The second kappa shape index (κ2) is 7.12. The van der Waals surface area contributed by atoms with Crippen LogP contribution in [-0.4, -0.2) is 12.0 Å². The summed E-state index contributed by atoms with van der Waals surface area (Å²) in [7, 11) is 0. The largest absolute Gasteiger partial charge is 0.481 e. The van der Waals surface area contributed by atoms with Crippen LogP contribution in [0.1, 0.15) is 30.0 Å². The Morgan fingerprint density at radius 2 is 1.86 bits per heavy atom. The molecule has 0 fully saturated rings. The molecule has 22 heavy (non-hydrogen) atoms. The first-order chi connectivity index (χ1) is 10.5. The van der Waals surface area contributed by atoms with Crippen molar-refractivity contribution >= 4 is 11.6 Å². The molecular formula is C19H23NO2. The molecule has 0 aromatic heterocycles. The highest BCUT2D eigenvalue weighted by atomic mass is 16.5. The lowest BCUT2D eigenvalue weighted by molar-refractivity contribution is -0.122. The van der Waals surface area contributed by atoms with Crippen LogP contribution in [-0.2, 0) is 4.79 Å². The molecule has 1 amide bonds. The Bertz CT molecular complexity index is 664. The Balaban J connectivity index is 2.10. The van der Waals surface area contributed by atoms with E-state index in [9.17, 15) is 4.79 Å². The van der Waals surface area contributed by atoms with E-state index in [1.54, 1.807) is 0 Å². The normalized spacial score (nSPS) is 11.8. The summed E-state index contributed by atoms with van der Waals surface area (Å²) in [5, 5.41) is 2.97. The van der Waals surface area contributed by atoms with Gasteiger partial charge in [-0.3, -0.25) is 4.79 Å². The van der Waals surface area contributed by atoms with Crippen LogP contribution in [0.3, 0.4) is 0 Å². The maximum atomic E-state index is 12.5. The summed E-state index contributed by atoms with van der Waals surface area (Å²) in [5.41, 5.74) is 4.20. The highest BCUT2D eigenvalue weighted by Crippen LogP contribution is 2.20. The molecule has 0 saturated carbocycles. The maximum absolute atomic E-state index is 12.5. The third-order valence-corrected chi connectivity index (χ3v) is 3.79. The predicted octanol–water partition coefficient (Wildman–Crippen LogP) is 4.41. The lowest BCUT2D eigenvalue weighted by Crippen LogP contribution is -2.32. The molecule has 3 heteroatoms. The maximum Gasteiger partial charge on any atom is 0.265 e. The highest BCUT2D eigenvalue weighted by molar-refractivity contribution is 5.95. The van der Waals surface area contributed by atoms with E-state index in [1.165, 1.54) is 0 Å². The van der Waals surface area contributed by atoms with Crippen LogP contribution in [0, 0.1) is 20.8 Å². The van der Waals surface area contributed by atoms with Crippen LogP contribution in [0.5, 0.6) is 5.75 Å². The van der Waals surface area contributed by atoms with Crippen molar-refractivity contribution in [3.63, 3.8) is 0 Å². The average molecular weight is 297 g/mol. The smallest absolute Gasteiger partial charge is 0.265 e. The van der Waals surface area contributed by atoms with Crippen molar-refractivity contribution < 1.29 is 9.53 Å². The molecule has 0 spiro atoms. The molecule has 1 atom stereocenters. The van der Waals surface area contributed by atoms with Crippen LogP contribution in [0.15, 0.2) is 42.5 Å². The molecule has 0 unspecified atom stereocenters. The number of hydrogen-bond donors (Lipinski definition) is 1. The van der Waals surface area contributed by atoms with Gasteiger partial charge in [-0.25, -0.2) is 0 Å². The number of nitrogens with one attached hydrogen (secondary N) is 1. The molecule has 3 nitrogen and oxygen atoms in total. The number of carbonyl (C=O) groups excluding carboxylic acids is 1. The Morgan fingerprint density at radius 3 is 2.55 bits per heavy atom. The first-order valence-electron chi connectivity index (χ1n) is 7.61. The van der Waals surface area contributed by atoms with E-state index in [1.807, 2.05) is 70.2 Å². The van der Waals surface area contributed by atoms with Gasteiger partial charge in [0.25, 0.3) is 5.91 Å². The zero-order chi connectivity index (χ0) is 16.1. The average Bonchev–Trinajstić information content (AvgIpc) is 2.49. The van der Waals surface area contributed by atoms with E-state index in [0.717, 1.165) is 28.1 Å². The first-order valence-corrected chi connectivity index (χ1v) is 7.61. The Labute approximate surface area is 132 Å². The van der Waals surface area contributed by atoms with Crippen molar-refractivity contribution in [3.8, 4) is 5.75 Å². The Hall–Kier alpha value is -2.29. The van der Waals surface area contributed by atoms with E-state index in [4.69, 9.17) is 4.74 Å². The zero-order valence-electron chi connectivity index (χ0n) is 13.6. The van der Waals surface area contributed by atoms with E-state index in [-0.39, 0.29) is 5.91 Å². The molecule has 0 radical (unpaired) electrons. The molecule has 0 saturated heterocycles. The molecule has 1 N–H and O–H groups in total. The fourth-order valence-electron chi connectivity index (χ4n) is 2.27. The van der Waals surface area contributed by atoms with Crippen LogP contribution < -0.4 is 10.1 Å². The predicted molar refractivity (Wildman–Crippen MR) is 90.4 cm³/mol. The fourth-order valence-corrected chi connectivity index (χ4v) is 2.27. The molecule has 2 rings (SSSR count). The minimum atomic E-state index is -0.498. The van der Waals surface area contributed by atoms with E-state index in [2.05, 4.69) is 5.32 Å². The topological polar surface area (TPSA) is 38.3 Å². The minimum Gasteiger partial charge on any atom is -0.481 e. The molecule has 0 bridgehead atoms. The highest BCUT2D eigenvalue weighted by Gasteiger charge is 2.19. The van der Waals surface area contributed by atoms with Gasteiger partial charge in [-0.2, -0.15) is 0 Å². The van der Waals surface area contributed by atoms with Crippen molar-refractivity contribution in [2.45, 2.75) is 40.2 Å². The van der Waals surface area contributed by atoms with Gasteiger partial charge in [-0.1, -0.05) is 31.2 Å². The number of carbonyl (C=O) groups is 1. The van der Waals surface area contributed by atoms with Crippen LogP contribution in [0.25, 0.3) is 0 Å². The van der Waals surface area contributed by atoms with E-state index < -0.39 is 6.10 Å². The fraction of sp³-hybridized carbons (Fsp3) is 0.316. The van der Waals surface area contributed by atoms with Gasteiger partial charge in [-0.05, 0) is 62.1 Å². The Kier molecular flexibility index (Phi) is 5.21. The summed E-state index contributed by atoms with van der Waals surface area (Å²) in [5.74, 6) is 0.612. The third-order valence-electron chi connectivity index (χ3n) is 3.79. The van der Waals surface area contributed by atoms with Gasteiger partial charge in [0, 0.05) is 5.69 Å². The van der Waals surface area contributed by atoms with Crippen molar-refractivity contribution in [2.75, 3.05) is 5.32 Å². The number of aryl methyl sites for hydroxylation is 2. The molecular weight excluding hydrogens is 274 g/mol. The molecule has 0 aliphatic rings. The molecule has 2 aromatic rings. The van der Waals surface area contributed by atoms with Crippen molar-refractivity contribution in [2.24, 2.45) is 0 Å². The summed E-state index contributed by atoms with van der Waals surface area (Å²) in [6.45, 7) is 7.99. The lowest BCUT2D eigenvalue weighted by Gasteiger charge is -2.18. The van der Waals surface area contributed by atoms with Gasteiger partial charge < -0.3 is 10.1 Å². The Morgan fingerprint density at radius 1 is 1.14 bits per heavy atom. The standard InChI is InChI=1S/C19H23NO2/c1-5-18(22-16-10-6-8-13(2)12-16)19(21)20-17-11-7-9-14(3)15(17)4/h6-12,18H,5H2,1-4H3,(H,20,21)/t18-/m0/s1. The van der Waals surface area contributed by atoms with Crippen molar-refractivity contribution in [1.82, 2.24) is 0 Å². The lowest BCUT2D eigenvalue weighted by atomic mass is 10.1. The summed E-state index contributed by atoms with van der Waals surface area (Å²) in [6.07, 6.45) is 0.117. The van der Waals surface area contributed by atoms with Crippen LogP contribution in [0.2, 0.25) is 0 Å². The van der Waals surface area contributed by atoms with Crippen molar-refractivity contribution in [1.29, 1.82) is 0 Å².